The van der Waals surface area contributed by atoms with Crippen molar-refractivity contribution in [1.29, 1.82) is 0 Å². The molecule has 5 rings (SSSR count). The Balaban J connectivity index is 1.58. The van der Waals surface area contributed by atoms with Gasteiger partial charge in [0.2, 0.25) is 0 Å². The van der Waals surface area contributed by atoms with Gasteiger partial charge in [-0.15, -0.1) is 0 Å². The van der Waals surface area contributed by atoms with Gasteiger partial charge in [-0.3, -0.25) is 9.59 Å². The van der Waals surface area contributed by atoms with E-state index in [1.165, 1.54) is 19.1 Å². The molecule has 1 amide bonds. The minimum atomic E-state index is -0.818. The number of carbonyl (C=O) groups excluding carboxylic acids is 2. The molecule has 1 fully saturated rings. The van der Waals surface area contributed by atoms with Gasteiger partial charge in [0, 0.05) is 29.2 Å². The molecule has 1 aliphatic heterocycles. The maximum absolute atomic E-state index is 13.4. The number of ether oxygens (including phenoxy) is 3. The van der Waals surface area contributed by atoms with Gasteiger partial charge in [0.05, 0.1) is 32.4 Å². The largest absolute Gasteiger partial charge is 0.507 e. The molecule has 39 heavy (non-hydrogen) atoms. The van der Waals surface area contributed by atoms with Crippen molar-refractivity contribution in [1.82, 2.24) is 9.88 Å². The second kappa shape index (κ2) is 10.9. The number of rotatable bonds is 9. The Morgan fingerprint density at radius 2 is 1.72 bits per heavy atom. The second-order valence-corrected chi connectivity index (χ2v) is 9.17. The van der Waals surface area contributed by atoms with E-state index < -0.39 is 17.7 Å². The van der Waals surface area contributed by atoms with Crippen LogP contribution in [0.15, 0.2) is 78.5 Å². The summed E-state index contributed by atoms with van der Waals surface area (Å²) < 4.78 is 16.4. The monoisotopic (exact) mass is 526 g/mol. The third kappa shape index (κ3) is 4.81. The molecule has 1 aromatic heterocycles. The van der Waals surface area contributed by atoms with Crippen LogP contribution < -0.4 is 14.2 Å². The number of hydrogen-bond acceptors (Lipinski definition) is 6. The zero-order valence-corrected chi connectivity index (χ0v) is 22.1. The molecule has 0 bridgehead atoms. The molecular weight excluding hydrogens is 496 g/mol. The minimum absolute atomic E-state index is 0.0234. The molecule has 0 spiro atoms. The normalized spacial score (nSPS) is 16.6. The number of likely N-dealkylation sites (tertiary alicyclic amines) is 1. The number of methoxy groups -OCH3 is 2. The Hall–Kier alpha value is -4.72. The Morgan fingerprint density at radius 1 is 0.974 bits per heavy atom. The number of para-hydroxylation sites is 1. The summed E-state index contributed by atoms with van der Waals surface area (Å²) in [7, 11) is 3.06. The fourth-order valence-corrected chi connectivity index (χ4v) is 5.09. The van der Waals surface area contributed by atoms with Gasteiger partial charge in [-0.2, -0.15) is 0 Å². The molecule has 0 saturated carbocycles. The van der Waals surface area contributed by atoms with Gasteiger partial charge in [0.1, 0.15) is 11.5 Å². The maximum atomic E-state index is 13.4. The van der Waals surface area contributed by atoms with Crippen molar-refractivity contribution in [3.63, 3.8) is 0 Å². The Morgan fingerprint density at radius 3 is 2.44 bits per heavy atom. The zero-order chi connectivity index (χ0) is 27.5. The highest BCUT2D eigenvalue weighted by atomic mass is 16.5. The van der Waals surface area contributed by atoms with Crippen molar-refractivity contribution in [3.8, 4) is 17.2 Å². The van der Waals surface area contributed by atoms with Crippen LogP contribution >= 0.6 is 0 Å². The summed E-state index contributed by atoms with van der Waals surface area (Å²) in [5, 5.41) is 12.4. The van der Waals surface area contributed by atoms with Gasteiger partial charge in [0.25, 0.3) is 11.7 Å². The highest BCUT2D eigenvalue weighted by Crippen LogP contribution is 2.42. The van der Waals surface area contributed by atoms with Crippen molar-refractivity contribution in [3.05, 3.63) is 95.2 Å². The number of H-pyrrole nitrogens is 1. The lowest BCUT2D eigenvalue weighted by molar-refractivity contribution is -0.139. The maximum Gasteiger partial charge on any atom is 0.295 e. The topological polar surface area (TPSA) is 101 Å². The van der Waals surface area contributed by atoms with E-state index >= 15 is 0 Å². The lowest BCUT2D eigenvalue weighted by Gasteiger charge is -2.26. The number of benzene rings is 3. The number of carbonyl (C=O) groups is 2. The van der Waals surface area contributed by atoms with Crippen molar-refractivity contribution in [2.45, 2.75) is 19.4 Å². The number of nitrogens with one attached hydrogen (secondary N) is 1. The summed E-state index contributed by atoms with van der Waals surface area (Å²) >= 11 is 0. The number of ketones is 1. The minimum Gasteiger partial charge on any atom is -0.507 e. The van der Waals surface area contributed by atoms with Crippen LogP contribution in [0.1, 0.15) is 29.7 Å². The van der Waals surface area contributed by atoms with Crippen LogP contribution in [0.2, 0.25) is 0 Å². The molecule has 4 aromatic rings. The predicted molar refractivity (Wildman–Crippen MR) is 148 cm³/mol. The molecule has 1 saturated heterocycles. The average Bonchev–Trinajstić information content (AvgIpc) is 3.49. The number of Topliss-reactive ketones (excluding diaryl/α,β-unsaturated/α-hetero) is 1. The van der Waals surface area contributed by atoms with Crippen LogP contribution in [0.25, 0.3) is 16.7 Å². The summed E-state index contributed by atoms with van der Waals surface area (Å²) in [4.78, 5) is 31.6. The van der Waals surface area contributed by atoms with Gasteiger partial charge in [0.15, 0.2) is 11.5 Å². The third-order valence-electron chi connectivity index (χ3n) is 7.00. The first kappa shape index (κ1) is 25.9. The molecule has 0 aliphatic carbocycles. The standard InChI is InChI=1S/C31H30N2O6/c1-4-39-22-12-9-19(10-13-22)29(34)27-28(20-11-14-25(37-2)26(17-20)38-3)33(31(36)30(27)35)16-15-21-18-32-24-8-6-5-7-23(21)24/h5-14,17-18,28,32,34H,4,15-16H2,1-3H3/b29-27-. The van der Waals surface area contributed by atoms with Gasteiger partial charge >= 0.3 is 0 Å². The lowest BCUT2D eigenvalue weighted by Crippen LogP contribution is -2.31. The van der Waals surface area contributed by atoms with Crippen LogP contribution in [0.3, 0.4) is 0 Å². The first-order valence-corrected chi connectivity index (χ1v) is 12.7. The van der Waals surface area contributed by atoms with Crippen LogP contribution in [0.4, 0.5) is 0 Å². The quantitative estimate of drug-likeness (QED) is 0.176. The second-order valence-electron chi connectivity index (χ2n) is 9.17. The first-order valence-electron chi connectivity index (χ1n) is 12.7. The Kier molecular flexibility index (Phi) is 7.27. The van der Waals surface area contributed by atoms with Crippen LogP contribution in [-0.2, 0) is 16.0 Å². The lowest BCUT2D eigenvalue weighted by atomic mass is 9.94. The molecule has 3 aromatic carbocycles. The first-order chi connectivity index (χ1) is 19.0. The summed E-state index contributed by atoms with van der Waals surface area (Å²) in [6, 6.07) is 19.1. The predicted octanol–water partition coefficient (Wildman–Crippen LogP) is 5.25. The summed E-state index contributed by atoms with van der Waals surface area (Å²) in [5.41, 5.74) is 3.10. The van der Waals surface area contributed by atoms with Crippen molar-refractivity contribution < 1.29 is 28.9 Å². The molecule has 8 nitrogen and oxygen atoms in total. The van der Waals surface area contributed by atoms with Crippen LogP contribution in [0.5, 0.6) is 17.2 Å². The number of aliphatic hydroxyl groups excluding tert-OH is 1. The fourth-order valence-electron chi connectivity index (χ4n) is 5.09. The fraction of sp³-hybridized carbons (Fsp3) is 0.226. The number of fused-ring (bicyclic) bond motifs is 1. The molecule has 1 atom stereocenters. The van der Waals surface area contributed by atoms with Crippen molar-refractivity contribution in [2.75, 3.05) is 27.4 Å². The van der Waals surface area contributed by atoms with Gasteiger partial charge < -0.3 is 29.2 Å². The average molecular weight is 527 g/mol. The number of nitrogens with zero attached hydrogens (tertiary/aromatic N) is 1. The van der Waals surface area contributed by atoms with E-state index in [1.807, 2.05) is 37.4 Å². The highest BCUT2D eigenvalue weighted by Gasteiger charge is 2.46. The van der Waals surface area contributed by atoms with E-state index in [0.717, 1.165) is 16.5 Å². The summed E-state index contributed by atoms with van der Waals surface area (Å²) in [6.07, 6.45) is 2.44. The van der Waals surface area contributed by atoms with E-state index in [4.69, 9.17) is 14.2 Å². The number of aromatic nitrogens is 1. The smallest absolute Gasteiger partial charge is 0.295 e. The van der Waals surface area contributed by atoms with Crippen LogP contribution in [0, 0.1) is 0 Å². The number of amides is 1. The number of aliphatic hydroxyl groups is 1. The van der Waals surface area contributed by atoms with E-state index in [-0.39, 0.29) is 17.9 Å². The van der Waals surface area contributed by atoms with Crippen molar-refractivity contribution in [2.24, 2.45) is 0 Å². The van der Waals surface area contributed by atoms with Crippen molar-refractivity contribution >= 4 is 28.4 Å². The summed E-state index contributed by atoms with van der Waals surface area (Å²) in [6.45, 7) is 2.66. The zero-order valence-electron chi connectivity index (χ0n) is 22.1. The molecule has 1 unspecified atom stereocenters. The highest BCUT2D eigenvalue weighted by molar-refractivity contribution is 6.46. The van der Waals surface area contributed by atoms with Crippen LogP contribution in [-0.4, -0.2) is 54.1 Å². The molecule has 1 aliphatic rings. The van der Waals surface area contributed by atoms with Gasteiger partial charge in [-0.25, -0.2) is 0 Å². The van der Waals surface area contributed by atoms with E-state index in [1.54, 1.807) is 42.5 Å². The molecule has 0 radical (unpaired) electrons. The summed E-state index contributed by atoms with van der Waals surface area (Å²) in [5.74, 6) is -0.0283. The van der Waals surface area contributed by atoms with E-state index in [0.29, 0.717) is 41.4 Å². The molecule has 200 valence electrons. The molecule has 2 N–H and O–H groups in total. The molecule has 2 heterocycles. The Labute approximate surface area is 226 Å². The van der Waals surface area contributed by atoms with E-state index in [9.17, 15) is 14.7 Å². The third-order valence-corrected chi connectivity index (χ3v) is 7.00. The number of aromatic amines is 1. The Bertz CT molecular complexity index is 1550. The SMILES string of the molecule is CCOc1ccc(/C(O)=C2/C(=O)C(=O)N(CCc3c[nH]c4ccccc34)C2c2ccc(OC)c(OC)c2)cc1. The molecular formula is C31H30N2O6. The van der Waals surface area contributed by atoms with Gasteiger partial charge in [-0.05, 0) is 66.9 Å². The number of hydrogen-bond donors (Lipinski definition) is 2. The molecule has 8 heteroatoms. The van der Waals surface area contributed by atoms with Gasteiger partial charge in [-0.1, -0.05) is 24.3 Å². The van der Waals surface area contributed by atoms with E-state index in [2.05, 4.69) is 4.98 Å².